The number of hydrogen-bond donors (Lipinski definition) is 2. The van der Waals surface area contributed by atoms with Crippen LogP contribution in [0, 0.1) is 0 Å². The molecular weight excluding hydrogens is 322 g/mol. The zero-order valence-corrected chi connectivity index (χ0v) is 14.0. The van der Waals surface area contributed by atoms with Gasteiger partial charge in [-0.25, -0.2) is 5.43 Å². The molecule has 0 aliphatic rings. The van der Waals surface area contributed by atoms with E-state index in [0.29, 0.717) is 22.6 Å². The highest BCUT2D eigenvalue weighted by Crippen LogP contribution is 2.29. The Hall–Kier alpha value is -3.35. The van der Waals surface area contributed by atoms with Crippen LogP contribution < -0.4 is 20.2 Å². The second-order valence-electron chi connectivity index (χ2n) is 4.92. The van der Waals surface area contributed by atoms with Gasteiger partial charge in [-0.1, -0.05) is 24.3 Å². The molecule has 2 amide bonds. The van der Waals surface area contributed by atoms with Crippen molar-refractivity contribution >= 4 is 18.0 Å². The molecule has 0 bridgehead atoms. The van der Waals surface area contributed by atoms with E-state index in [1.165, 1.54) is 20.4 Å². The Labute approximate surface area is 145 Å². The first-order chi connectivity index (χ1) is 12.2. The molecule has 0 saturated heterocycles. The summed E-state index contributed by atoms with van der Waals surface area (Å²) in [6.45, 7) is -0.180. The molecule has 2 aromatic rings. The number of methoxy groups -OCH3 is 2. The van der Waals surface area contributed by atoms with Crippen molar-refractivity contribution in [3.05, 3.63) is 59.7 Å². The van der Waals surface area contributed by atoms with Gasteiger partial charge in [-0.05, 0) is 24.3 Å². The van der Waals surface area contributed by atoms with Crippen LogP contribution in [0.1, 0.15) is 15.9 Å². The van der Waals surface area contributed by atoms with Gasteiger partial charge < -0.3 is 14.8 Å². The molecule has 130 valence electrons. The van der Waals surface area contributed by atoms with Crippen LogP contribution in [-0.2, 0) is 4.79 Å². The van der Waals surface area contributed by atoms with Gasteiger partial charge in [-0.15, -0.1) is 0 Å². The number of amides is 2. The largest absolute Gasteiger partial charge is 0.493 e. The molecule has 0 radical (unpaired) electrons. The van der Waals surface area contributed by atoms with Crippen molar-refractivity contribution in [2.24, 2.45) is 5.10 Å². The second kappa shape index (κ2) is 9.07. The highest BCUT2D eigenvalue weighted by Gasteiger charge is 2.08. The molecule has 0 heterocycles. The van der Waals surface area contributed by atoms with E-state index in [0.717, 1.165) is 0 Å². The lowest BCUT2D eigenvalue weighted by Crippen LogP contribution is -2.34. The fraction of sp³-hybridized carbons (Fsp3) is 0.167. The van der Waals surface area contributed by atoms with Gasteiger partial charge in [-0.2, -0.15) is 5.10 Å². The summed E-state index contributed by atoms with van der Waals surface area (Å²) in [5.74, 6) is 0.310. The number of rotatable bonds is 7. The van der Waals surface area contributed by atoms with Crippen molar-refractivity contribution in [1.82, 2.24) is 10.7 Å². The molecule has 0 fully saturated rings. The van der Waals surface area contributed by atoms with Crippen LogP contribution in [-0.4, -0.2) is 38.8 Å². The van der Waals surface area contributed by atoms with Gasteiger partial charge in [0.15, 0.2) is 11.5 Å². The van der Waals surface area contributed by atoms with Crippen molar-refractivity contribution in [3.8, 4) is 11.5 Å². The van der Waals surface area contributed by atoms with Crippen LogP contribution in [0.3, 0.4) is 0 Å². The van der Waals surface area contributed by atoms with E-state index >= 15 is 0 Å². The molecule has 0 spiro atoms. The van der Waals surface area contributed by atoms with Crippen LogP contribution in [0.2, 0.25) is 0 Å². The van der Waals surface area contributed by atoms with E-state index in [1.54, 1.807) is 42.5 Å². The van der Waals surface area contributed by atoms with Crippen LogP contribution >= 0.6 is 0 Å². The van der Waals surface area contributed by atoms with E-state index in [1.807, 2.05) is 6.07 Å². The molecule has 7 nitrogen and oxygen atoms in total. The fourth-order valence-corrected chi connectivity index (χ4v) is 2.08. The van der Waals surface area contributed by atoms with Crippen molar-refractivity contribution in [2.75, 3.05) is 20.8 Å². The second-order valence-corrected chi connectivity index (χ2v) is 4.92. The molecular formula is C18H19N3O4. The van der Waals surface area contributed by atoms with Crippen molar-refractivity contribution in [1.29, 1.82) is 0 Å². The summed E-state index contributed by atoms with van der Waals surface area (Å²) >= 11 is 0. The Balaban J connectivity index is 1.88. The number of carbonyl (C=O) groups excluding carboxylic acids is 2. The summed E-state index contributed by atoms with van der Waals surface area (Å²) in [6.07, 6.45) is 1.44. The molecule has 0 unspecified atom stereocenters. The van der Waals surface area contributed by atoms with Gasteiger partial charge in [0.1, 0.15) is 0 Å². The van der Waals surface area contributed by atoms with Gasteiger partial charge in [0.25, 0.3) is 11.8 Å². The minimum absolute atomic E-state index is 0.180. The molecule has 0 aliphatic heterocycles. The maximum atomic E-state index is 11.8. The number of benzene rings is 2. The number of nitrogens with one attached hydrogen (secondary N) is 2. The first-order valence-electron chi connectivity index (χ1n) is 7.52. The van der Waals surface area contributed by atoms with Crippen LogP contribution in [0.4, 0.5) is 0 Å². The number of ether oxygens (including phenoxy) is 2. The highest BCUT2D eigenvalue weighted by molar-refractivity contribution is 5.96. The molecule has 0 saturated carbocycles. The zero-order chi connectivity index (χ0) is 18.1. The molecule has 2 N–H and O–H groups in total. The SMILES string of the molecule is COc1cccc(/C=N\NC(=O)CNC(=O)c2ccccc2)c1OC. The normalized spacial score (nSPS) is 10.3. The predicted molar refractivity (Wildman–Crippen MR) is 94.1 cm³/mol. The van der Waals surface area contributed by atoms with E-state index in [-0.39, 0.29) is 12.5 Å². The van der Waals surface area contributed by atoms with Crippen LogP contribution in [0.15, 0.2) is 53.6 Å². The molecule has 2 aromatic carbocycles. The van der Waals surface area contributed by atoms with Gasteiger partial charge in [0, 0.05) is 11.1 Å². The van der Waals surface area contributed by atoms with E-state index < -0.39 is 5.91 Å². The number of hydrazone groups is 1. The van der Waals surface area contributed by atoms with Crippen LogP contribution in [0.5, 0.6) is 11.5 Å². The van der Waals surface area contributed by atoms with Crippen molar-refractivity contribution in [3.63, 3.8) is 0 Å². The van der Waals surface area contributed by atoms with Gasteiger partial charge >= 0.3 is 0 Å². The predicted octanol–water partition coefficient (Wildman–Crippen LogP) is 1.58. The Morgan fingerprint density at radius 3 is 2.48 bits per heavy atom. The molecule has 0 aromatic heterocycles. The van der Waals surface area contributed by atoms with Gasteiger partial charge in [-0.3, -0.25) is 9.59 Å². The topological polar surface area (TPSA) is 89.0 Å². The smallest absolute Gasteiger partial charge is 0.259 e. The third-order valence-corrected chi connectivity index (χ3v) is 3.27. The average molecular weight is 341 g/mol. The molecule has 0 atom stereocenters. The zero-order valence-electron chi connectivity index (χ0n) is 14.0. The van der Waals surface area contributed by atoms with Gasteiger partial charge in [0.05, 0.1) is 27.0 Å². The highest BCUT2D eigenvalue weighted by atomic mass is 16.5. The van der Waals surface area contributed by atoms with E-state index in [9.17, 15) is 9.59 Å². The first-order valence-corrected chi connectivity index (χ1v) is 7.52. The summed E-state index contributed by atoms with van der Waals surface area (Å²) in [7, 11) is 3.06. The van der Waals surface area contributed by atoms with Crippen molar-refractivity contribution in [2.45, 2.75) is 0 Å². The monoisotopic (exact) mass is 341 g/mol. The lowest BCUT2D eigenvalue weighted by atomic mass is 10.2. The minimum atomic E-state index is -0.442. The number of hydrogen-bond acceptors (Lipinski definition) is 5. The Morgan fingerprint density at radius 1 is 1.04 bits per heavy atom. The Morgan fingerprint density at radius 2 is 1.80 bits per heavy atom. The molecule has 2 rings (SSSR count). The maximum Gasteiger partial charge on any atom is 0.259 e. The standard InChI is InChI=1S/C18H19N3O4/c1-24-15-10-6-9-14(17(15)25-2)11-20-21-16(22)12-19-18(23)13-7-4-3-5-8-13/h3-11H,12H2,1-2H3,(H,19,23)(H,21,22)/b20-11-. The molecule has 25 heavy (non-hydrogen) atoms. The number of carbonyl (C=O) groups is 2. The minimum Gasteiger partial charge on any atom is -0.493 e. The quantitative estimate of drug-likeness (QED) is 0.591. The lowest BCUT2D eigenvalue weighted by Gasteiger charge is -2.09. The molecule has 7 heteroatoms. The number of nitrogens with zero attached hydrogens (tertiary/aromatic N) is 1. The lowest BCUT2D eigenvalue weighted by molar-refractivity contribution is -0.120. The first kappa shape index (κ1) is 18.0. The van der Waals surface area contributed by atoms with E-state index in [4.69, 9.17) is 9.47 Å². The Bertz CT molecular complexity index is 760. The maximum absolute atomic E-state index is 11.8. The summed E-state index contributed by atoms with van der Waals surface area (Å²) in [5, 5.41) is 6.38. The third kappa shape index (κ3) is 5.07. The van der Waals surface area contributed by atoms with Gasteiger partial charge in [0.2, 0.25) is 0 Å². The fourth-order valence-electron chi connectivity index (χ4n) is 2.08. The van der Waals surface area contributed by atoms with Crippen LogP contribution in [0.25, 0.3) is 0 Å². The summed E-state index contributed by atoms with van der Waals surface area (Å²) in [5.41, 5.74) is 3.48. The summed E-state index contributed by atoms with van der Waals surface area (Å²) in [4.78, 5) is 23.6. The average Bonchev–Trinajstić information content (AvgIpc) is 2.66. The number of para-hydroxylation sites is 1. The van der Waals surface area contributed by atoms with E-state index in [2.05, 4.69) is 15.8 Å². The Kier molecular flexibility index (Phi) is 6.53. The molecule has 0 aliphatic carbocycles. The third-order valence-electron chi connectivity index (χ3n) is 3.27. The summed E-state index contributed by atoms with van der Waals surface area (Å²) in [6, 6.07) is 14.0. The van der Waals surface area contributed by atoms with Crippen molar-refractivity contribution < 1.29 is 19.1 Å². The summed E-state index contributed by atoms with van der Waals surface area (Å²) < 4.78 is 10.5.